The Hall–Kier alpha value is -3.02. The third-order valence-corrected chi connectivity index (χ3v) is 3.51. The minimum Gasteiger partial charge on any atom is -0.491 e. The first-order valence-electron chi connectivity index (χ1n) is 9.05. The van der Waals surface area contributed by atoms with Gasteiger partial charge < -0.3 is 20.7 Å². The maximum atomic E-state index is 12.1. The lowest BCUT2D eigenvalue weighted by atomic mass is 10.2. The Labute approximate surface area is 160 Å². The third kappa shape index (κ3) is 7.01. The molecule has 6 nitrogen and oxygen atoms in total. The summed E-state index contributed by atoms with van der Waals surface area (Å²) in [7, 11) is 0. The van der Waals surface area contributed by atoms with Gasteiger partial charge in [-0.05, 0) is 64.1 Å². The molecule has 0 aliphatic heterocycles. The van der Waals surface area contributed by atoms with Crippen LogP contribution in [-0.2, 0) is 4.79 Å². The lowest BCUT2D eigenvalue weighted by Gasteiger charge is -2.12. The normalized spacial score (nSPS) is 10.6. The SMILES string of the molecule is CC(C)NC(=O)c1ccc(NC(=O)CNc2cccc(OC(C)C)c2)cc1. The molecule has 0 fully saturated rings. The van der Waals surface area contributed by atoms with Crippen LogP contribution in [-0.4, -0.2) is 30.5 Å². The zero-order valence-electron chi connectivity index (χ0n) is 16.2. The summed E-state index contributed by atoms with van der Waals surface area (Å²) in [6, 6.07) is 14.4. The summed E-state index contributed by atoms with van der Waals surface area (Å²) in [4.78, 5) is 24.1. The fraction of sp³-hybridized carbons (Fsp3) is 0.333. The monoisotopic (exact) mass is 369 g/mol. The van der Waals surface area contributed by atoms with Gasteiger partial charge in [0.1, 0.15) is 5.75 Å². The molecule has 3 N–H and O–H groups in total. The van der Waals surface area contributed by atoms with Crippen LogP contribution in [0.2, 0.25) is 0 Å². The molecule has 0 heterocycles. The van der Waals surface area contributed by atoms with E-state index in [0.29, 0.717) is 11.3 Å². The molecule has 144 valence electrons. The van der Waals surface area contributed by atoms with E-state index in [9.17, 15) is 9.59 Å². The third-order valence-electron chi connectivity index (χ3n) is 3.51. The van der Waals surface area contributed by atoms with Gasteiger partial charge in [0.25, 0.3) is 5.91 Å². The summed E-state index contributed by atoms with van der Waals surface area (Å²) in [6.45, 7) is 7.87. The molecule has 27 heavy (non-hydrogen) atoms. The molecular formula is C21H27N3O3. The van der Waals surface area contributed by atoms with E-state index in [-0.39, 0.29) is 30.5 Å². The van der Waals surface area contributed by atoms with Crippen LogP contribution in [0.5, 0.6) is 5.75 Å². The maximum Gasteiger partial charge on any atom is 0.251 e. The Morgan fingerprint density at radius 1 is 0.963 bits per heavy atom. The highest BCUT2D eigenvalue weighted by Crippen LogP contribution is 2.18. The molecule has 0 aliphatic carbocycles. The van der Waals surface area contributed by atoms with E-state index < -0.39 is 0 Å². The predicted octanol–water partition coefficient (Wildman–Crippen LogP) is 3.66. The highest BCUT2D eigenvalue weighted by molar-refractivity contribution is 5.96. The Balaban J connectivity index is 1.86. The largest absolute Gasteiger partial charge is 0.491 e. The average Bonchev–Trinajstić information content (AvgIpc) is 2.60. The van der Waals surface area contributed by atoms with E-state index in [1.807, 2.05) is 52.0 Å². The zero-order valence-corrected chi connectivity index (χ0v) is 16.2. The molecule has 0 saturated carbocycles. The number of ether oxygens (including phenoxy) is 1. The van der Waals surface area contributed by atoms with Gasteiger partial charge in [-0.15, -0.1) is 0 Å². The molecule has 0 atom stereocenters. The fourth-order valence-corrected chi connectivity index (χ4v) is 2.39. The molecule has 2 aromatic rings. The molecule has 0 bridgehead atoms. The summed E-state index contributed by atoms with van der Waals surface area (Å²) in [5.74, 6) is 0.447. The van der Waals surface area contributed by atoms with Crippen molar-refractivity contribution < 1.29 is 14.3 Å². The first-order chi connectivity index (χ1) is 12.8. The van der Waals surface area contributed by atoms with Gasteiger partial charge in [-0.2, -0.15) is 0 Å². The van der Waals surface area contributed by atoms with Crippen LogP contribution in [0.3, 0.4) is 0 Å². The first-order valence-corrected chi connectivity index (χ1v) is 9.05. The molecule has 0 saturated heterocycles. The van der Waals surface area contributed by atoms with Crippen LogP contribution in [0.25, 0.3) is 0 Å². The number of carbonyl (C=O) groups excluding carboxylic acids is 2. The van der Waals surface area contributed by atoms with Gasteiger partial charge in [0, 0.05) is 29.0 Å². The number of hydrogen-bond donors (Lipinski definition) is 3. The Morgan fingerprint density at radius 2 is 1.67 bits per heavy atom. The molecule has 2 rings (SSSR count). The van der Waals surface area contributed by atoms with Gasteiger partial charge in [0.2, 0.25) is 5.91 Å². The van der Waals surface area contributed by atoms with Crippen LogP contribution in [0.4, 0.5) is 11.4 Å². The highest BCUT2D eigenvalue weighted by atomic mass is 16.5. The molecule has 0 aromatic heterocycles. The van der Waals surface area contributed by atoms with E-state index in [2.05, 4.69) is 16.0 Å². The summed E-state index contributed by atoms with van der Waals surface area (Å²) in [5.41, 5.74) is 2.01. The van der Waals surface area contributed by atoms with Crippen LogP contribution < -0.4 is 20.7 Å². The Kier molecular flexibility index (Phi) is 7.23. The van der Waals surface area contributed by atoms with Crippen LogP contribution in [0.1, 0.15) is 38.1 Å². The van der Waals surface area contributed by atoms with E-state index in [0.717, 1.165) is 11.4 Å². The van der Waals surface area contributed by atoms with Crippen molar-refractivity contribution in [3.8, 4) is 5.75 Å². The summed E-state index contributed by atoms with van der Waals surface area (Å²) in [5, 5.41) is 8.70. The molecule has 2 aromatic carbocycles. The van der Waals surface area contributed by atoms with Gasteiger partial charge in [-0.25, -0.2) is 0 Å². The second-order valence-corrected chi connectivity index (χ2v) is 6.80. The fourth-order valence-electron chi connectivity index (χ4n) is 2.39. The lowest BCUT2D eigenvalue weighted by Crippen LogP contribution is -2.30. The van der Waals surface area contributed by atoms with Crippen molar-refractivity contribution in [2.45, 2.75) is 39.8 Å². The quantitative estimate of drug-likeness (QED) is 0.663. The predicted molar refractivity (Wildman–Crippen MR) is 108 cm³/mol. The van der Waals surface area contributed by atoms with Crippen molar-refractivity contribution in [3.05, 3.63) is 54.1 Å². The Bertz CT molecular complexity index is 770. The number of benzene rings is 2. The maximum absolute atomic E-state index is 12.1. The van der Waals surface area contributed by atoms with Crippen molar-refractivity contribution in [2.24, 2.45) is 0 Å². The summed E-state index contributed by atoms with van der Waals surface area (Å²) >= 11 is 0. The zero-order chi connectivity index (χ0) is 19.8. The Morgan fingerprint density at radius 3 is 2.30 bits per heavy atom. The minimum absolute atomic E-state index is 0.0763. The minimum atomic E-state index is -0.176. The molecule has 2 amide bonds. The molecule has 0 unspecified atom stereocenters. The van der Waals surface area contributed by atoms with Crippen LogP contribution in [0.15, 0.2) is 48.5 Å². The molecule has 0 aliphatic rings. The van der Waals surface area contributed by atoms with Gasteiger partial charge in [-0.3, -0.25) is 9.59 Å². The van der Waals surface area contributed by atoms with Crippen LogP contribution >= 0.6 is 0 Å². The molecule has 6 heteroatoms. The number of anilines is 2. The van der Waals surface area contributed by atoms with Crippen molar-refractivity contribution >= 4 is 23.2 Å². The topological polar surface area (TPSA) is 79.5 Å². The second-order valence-electron chi connectivity index (χ2n) is 6.80. The number of carbonyl (C=O) groups is 2. The molecule has 0 radical (unpaired) electrons. The van der Waals surface area contributed by atoms with Gasteiger partial charge in [0.15, 0.2) is 0 Å². The number of hydrogen-bond acceptors (Lipinski definition) is 4. The van der Waals surface area contributed by atoms with Crippen LogP contribution in [0, 0.1) is 0 Å². The summed E-state index contributed by atoms with van der Waals surface area (Å²) < 4.78 is 5.64. The van der Waals surface area contributed by atoms with E-state index in [4.69, 9.17) is 4.74 Å². The van der Waals surface area contributed by atoms with E-state index in [1.165, 1.54) is 0 Å². The first kappa shape index (κ1) is 20.3. The highest BCUT2D eigenvalue weighted by Gasteiger charge is 2.08. The molecule has 0 spiro atoms. The smallest absolute Gasteiger partial charge is 0.251 e. The van der Waals surface area contributed by atoms with Gasteiger partial charge >= 0.3 is 0 Å². The average molecular weight is 369 g/mol. The lowest BCUT2D eigenvalue weighted by molar-refractivity contribution is -0.114. The van der Waals surface area contributed by atoms with Crippen molar-refractivity contribution in [2.75, 3.05) is 17.2 Å². The van der Waals surface area contributed by atoms with Gasteiger partial charge in [0.05, 0.1) is 12.6 Å². The van der Waals surface area contributed by atoms with Gasteiger partial charge in [-0.1, -0.05) is 6.07 Å². The standard InChI is InChI=1S/C21H27N3O3/c1-14(2)23-21(26)16-8-10-17(11-9-16)24-20(25)13-22-18-6-5-7-19(12-18)27-15(3)4/h5-12,14-15,22H,13H2,1-4H3,(H,23,26)(H,24,25). The van der Waals surface area contributed by atoms with E-state index >= 15 is 0 Å². The van der Waals surface area contributed by atoms with Crippen molar-refractivity contribution in [1.82, 2.24) is 5.32 Å². The van der Waals surface area contributed by atoms with Crippen molar-refractivity contribution in [3.63, 3.8) is 0 Å². The number of nitrogens with one attached hydrogen (secondary N) is 3. The summed E-state index contributed by atoms with van der Waals surface area (Å²) in [6.07, 6.45) is 0.0918. The second kappa shape index (κ2) is 9.62. The van der Waals surface area contributed by atoms with E-state index in [1.54, 1.807) is 24.3 Å². The number of rotatable bonds is 8. The van der Waals surface area contributed by atoms with Crippen molar-refractivity contribution in [1.29, 1.82) is 0 Å². The number of amides is 2. The molecular weight excluding hydrogens is 342 g/mol.